The summed E-state index contributed by atoms with van der Waals surface area (Å²) in [7, 11) is 0. The van der Waals surface area contributed by atoms with Crippen LogP contribution in [0.15, 0.2) is 48.2 Å². The van der Waals surface area contributed by atoms with E-state index in [4.69, 9.17) is 10.1 Å². The van der Waals surface area contributed by atoms with Crippen LogP contribution in [-0.2, 0) is 16.1 Å². The minimum Gasteiger partial charge on any atom is -0.366 e. The average Bonchev–Trinajstić information content (AvgIpc) is 3.75. The van der Waals surface area contributed by atoms with Crippen LogP contribution in [0.3, 0.4) is 0 Å². The molecule has 0 saturated carbocycles. The van der Waals surface area contributed by atoms with Crippen LogP contribution in [0.4, 0.5) is 10.1 Å². The van der Waals surface area contributed by atoms with Crippen molar-refractivity contribution in [2.75, 3.05) is 18.1 Å². The molecule has 9 nitrogen and oxygen atoms in total. The minimum atomic E-state index is -1.11. The topological polar surface area (TPSA) is 131 Å². The fourth-order valence-corrected chi connectivity index (χ4v) is 5.22. The molecule has 2 aliphatic heterocycles. The number of aromatic nitrogens is 1. The summed E-state index contributed by atoms with van der Waals surface area (Å²) < 4.78 is 20.1. The third-order valence-electron chi connectivity index (χ3n) is 7.45. The van der Waals surface area contributed by atoms with Crippen molar-refractivity contribution >= 4 is 29.3 Å². The first-order valence-corrected chi connectivity index (χ1v) is 13.4. The molecule has 5 rings (SSSR count). The molecule has 1 aliphatic carbocycles. The van der Waals surface area contributed by atoms with Crippen molar-refractivity contribution in [1.82, 2.24) is 15.6 Å². The molecule has 2 aromatic rings. The number of hydrogen-bond donors (Lipinski definition) is 3. The molecule has 0 bridgehead atoms. The maximum Gasteiger partial charge on any atom is 0.270 e. The molecule has 0 spiro atoms. The van der Waals surface area contributed by atoms with Gasteiger partial charge in [-0.2, -0.15) is 5.26 Å². The Labute approximate surface area is 232 Å². The maximum atomic E-state index is 14.5. The average molecular weight is 543 g/mol. The zero-order valence-electron chi connectivity index (χ0n) is 22.3. The van der Waals surface area contributed by atoms with Gasteiger partial charge in [0.05, 0.1) is 6.07 Å². The highest BCUT2D eigenvalue weighted by atomic mass is 19.1. The molecule has 3 N–H and O–H groups in total. The Morgan fingerprint density at radius 2 is 2.15 bits per heavy atom. The predicted octanol–water partition coefficient (Wildman–Crippen LogP) is 4.14. The van der Waals surface area contributed by atoms with Crippen LogP contribution in [0.25, 0.3) is 5.57 Å². The molecular weight excluding hydrogens is 511 g/mol. The van der Waals surface area contributed by atoms with Crippen LogP contribution >= 0.6 is 0 Å². The number of anilines is 1. The lowest BCUT2D eigenvalue weighted by atomic mass is 9.85. The Hall–Kier alpha value is -4.36. The second-order valence-corrected chi connectivity index (χ2v) is 10.3. The number of pyridine rings is 1. The van der Waals surface area contributed by atoms with Crippen molar-refractivity contribution in [2.45, 2.75) is 51.8 Å². The van der Waals surface area contributed by atoms with Gasteiger partial charge in [0.25, 0.3) is 11.8 Å². The van der Waals surface area contributed by atoms with E-state index in [2.05, 4.69) is 21.7 Å². The van der Waals surface area contributed by atoms with E-state index in [1.807, 2.05) is 6.08 Å². The monoisotopic (exact) mass is 542 g/mol. The highest BCUT2D eigenvalue weighted by Crippen LogP contribution is 2.47. The van der Waals surface area contributed by atoms with E-state index in [1.165, 1.54) is 12.1 Å². The third-order valence-corrected chi connectivity index (χ3v) is 7.45. The molecule has 2 unspecified atom stereocenters. The number of ether oxygens (including phenoxy) is 1. The summed E-state index contributed by atoms with van der Waals surface area (Å²) in [4.78, 5) is 32.1. The number of halogens is 1. The number of benzene rings is 1. The Balaban J connectivity index is 1.28. The molecule has 206 valence electrons. The number of aryl methyl sites for hydroxylation is 1. The largest absolute Gasteiger partial charge is 0.366 e. The fourth-order valence-electron chi connectivity index (χ4n) is 5.22. The summed E-state index contributed by atoms with van der Waals surface area (Å²) in [6, 6.07) is 9.86. The van der Waals surface area contributed by atoms with Gasteiger partial charge in [0.2, 0.25) is 0 Å². The van der Waals surface area contributed by atoms with Crippen LogP contribution in [-0.4, -0.2) is 42.4 Å². The molecule has 10 heteroatoms. The van der Waals surface area contributed by atoms with Gasteiger partial charge in [0, 0.05) is 49.1 Å². The van der Waals surface area contributed by atoms with Gasteiger partial charge in [0.1, 0.15) is 17.7 Å². The minimum absolute atomic E-state index is 0.0351. The Bertz CT molecular complexity index is 1460. The molecule has 1 aromatic carbocycles. The Morgan fingerprint density at radius 1 is 1.32 bits per heavy atom. The molecule has 2 fully saturated rings. The Kier molecular flexibility index (Phi) is 7.76. The smallest absolute Gasteiger partial charge is 0.270 e. The van der Waals surface area contributed by atoms with Gasteiger partial charge in [-0.1, -0.05) is 6.08 Å². The van der Waals surface area contributed by atoms with Gasteiger partial charge < -0.3 is 25.7 Å². The van der Waals surface area contributed by atoms with Crippen molar-refractivity contribution in [3.8, 4) is 6.07 Å². The normalized spacial score (nSPS) is 22.4. The first-order valence-electron chi connectivity index (χ1n) is 13.4. The van der Waals surface area contributed by atoms with E-state index < -0.39 is 17.1 Å². The lowest BCUT2D eigenvalue weighted by Crippen LogP contribution is -2.34. The first-order chi connectivity index (χ1) is 19.3. The van der Waals surface area contributed by atoms with Gasteiger partial charge in [0.15, 0.2) is 5.41 Å². The summed E-state index contributed by atoms with van der Waals surface area (Å²) >= 11 is 0. The van der Waals surface area contributed by atoms with Gasteiger partial charge >= 0.3 is 0 Å². The Morgan fingerprint density at radius 3 is 2.85 bits per heavy atom. The molecule has 2 atom stereocenters. The van der Waals surface area contributed by atoms with Crippen molar-refractivity contribution in [1.29, 1.82) is 10.7 Å². The van der Waals surface area contributed by atoms with E-state index in [0.717, 1.165) is 31.1 Å². The number of rotatable bonds is 9. The SMILES string of the molecule is Cc1cc(N2CCC(C#N)(C3=CC3)C2=O)cc(C(=O)NCc2cc(F)cc(/C(C=N)=C/NC3CCCCO3)c2)n1. The quantitative estimate of drug-likeness (QED) is 0.322. The molecule has 1 aromatic heterocycles. The number of allylic oxidation sites excluding steroid dienone is 2. The molecule has 2 saturated heterocycles. The zero-order chi connectivity index (χ0) is 28.3. The van der Waals surface area contributed by atoms with Crippen LogP contribution in [0.5, 0.6) is 0 Å². The molecule has 0 radical (unpaired) electrons. The molecule has 3 heterocycles. The molecular formula is C30H31FN6O3. The number of carbonyl (C=O) groups is 2. The van der Waals surface area contributed by atoms with Gasteiger partial charge in [-0.3, -0.25) is 9.59 Å². The van der Waals surface area contributed by atoms with Crippen LogP contribution < -0.4 is 15.5 Å². The van der Waals surface area contributed by atoms with E-state index in [-0.39, 0.29) is 24.4 Å². The van der Waals surface area contributed by atoms with Crippen molar-refractivity contribution < 1.29 is 18.7 Å². The van der Waals surface area contributed by atoms with Crippen molar-refractivity contribution in [3.05, 3.63) is 76.5 Å². The molecule has 40 heavy (non-hydrogen) atoms. The number of carbonyl (C=O) groups excluding carboxylic acids is 2. The van der Waals surface area contributed by atoms with E-state index in [1.54, 1.807) is 36.2 Å². The van der Waals surface area contributed by atoms with Gasteiger partial charge in [-0.05, 0) is 86.1 Å². The highest BCUT2D eigenvalue weighted by molar-refractivity contribution is 6.08. The second-order valence-electron chi connectivity index (χ2n) is 10.3. The summed E-state index contributed by atoms with van der Waals surface area (Å²) in [6.45, 7) is 2.83. The summed E-state index contributed by atoms with van der Waals surface area (Å²) in [6.07, 6.45) is 8.59. The van der Waals surface area contributed by atoms with Gasteiger partial charge in [-0.25, -0.2) is 9.37 Å². The van der Waals surface area contributed by atoms with Crippen molar-refractivity contribution in [2.24, 2.45) is 5.41 Å². The van der Waals surface area contributed by atoms with Crippen molar-refractivity contribution in [3.63, 3.8) is 0 Å². The fraction of sp³-hybridized carbons (Fsp3) is 0.367. The predicted molar refractivity (Wildman–Crippen MR) is 148 cm³/mol. The lowest BCUT2D eigenvalue weighted by molar-refractivity contribution is -0.121. The second kappa shape index (κ2) is 11.4. The number of nitrogens with one attached hydrogen (secondary N) is 3. The number of nitriles is 1. The molecule has 3 aliphatic rings. The zero-order valence-corrected chi connectivity index (χ0v) is 22.3. The summed E-state index contributed by atoms with van der Waals surface area (Å²) in [5.74, 6) is -1.24. The van der Waals surface area contributed by atoms with Crippen LogP contribution in [0, 0.1) is 34.9 Å². The summed E-state index contributed by atoms with van der Waals surface area (Å²) in [5, 5.41) is 23.5. The van der Waals surface area contributed by atoms with E-state index in [9.17, 15) is 19.2 Å². The van der Waals surface area contributed by atoms with E-state index >= 15 is 0 Å². The number of hydrogen-bond acceptors (Lipinski definition) is 7. The summed E-state index contributed by atoms with van der Waals surface area (Å²) in [5.41, 5.74) is 2.44. The highest BCUT2D eigenvalue weighted by Gasteiger charge is 2.52. The number of amides is 2. The lowest BCUT2D eigenvalue weighted by Gasteiger charge is -2.23. The third kappa shape index (κ3) is 5.65. The molecule has 2 amide bonds. The van der Waals surface area contributed by atoms with Crippen LogP contribution in [0.1, 0.15) is 59.4 Å². The maximum absolute atomic E-state index is 14.5. The van der Waals surface area contributed by atoms with E-state index in [0.29, 0.717) is 54.1 Å². The first kappa shape index (κ1) is 27.2. The van der Waals surface area contributed by atoms with Crippen LogP contribution in [0.2, 0.25) is 0 Å². The number of nitrogens with zero attached hydrogens (tertiary/aromatic N) is 3. The standard InChI is InChI=1S/C30H31FN6O3/c1-19-10-25(37-8-7-30(18-33,29(37)39)23-5-6-23)14-26(36-19)28(38)35-16-20-11-21(13-24(31)12-20)22(15-32)17-34-27-4-2-3-9-40-27/h5,10-15,17,27,32,34H,2-4,6-9,16H2,1H3,(H,35,38)/b22-17+,32-15?. The van der Waals surface area contributed by atoms with Gasteiger partial charge in [-0.15, -0.1) is 0 Å².